The van der Waals surface area contributed by atoms with Crippen molar-refractivity contribution in [1.29, 1.82) is 0 Å². The van der Waals surface area contributed by atoms with Crippen LogP contribution in [-0.4, -0.2) is 24.0 Å². The van der Waals surface area contributed by atoms with Crippen molar-refractivity contribution in [3.8, 4) is 0 Å². The third kappa shape index (κ3) is 2.96. The van der Waals surface area contributed by atoms with E-state index >= 15 is 0 Å². The van der Waals surface area contributed by atoms with Crippen molar-refractivity contribution in [2.24, 2.45) is 5.92 Å². The van der Waals surface area contributed by atoms with Crippen LogP contribution in [0.3, 0.4) is 0 Å². The van der Waals surface area contributed by atoms with Crippen LogP contribution in [0.15, 0.2) is 36.5 Å². The van der Waals surface area contributed by atoms with Crippen LogP contribution in [-0.2, 0) is 11.3 Å². The molecule has 1 aromatic heterocycles. The minimum absolute atomic E-state index is 0.139. The molecule has 1 fully saturated rings. The maximum absolute atomic E-state index is 12.0. The molecule has 2 heterocycles. The summed E-state index contributed by atoms with van der Waals surface area (Å²) in [5, 5.41) is 7.42. The fourth-order valence-corrected chi connectivity index (χ4v) is 2.73. The van der Waals surface area contributed by atoms with Crippen LogP contribution in [0.5, 0.6) is 0 Å². The Bertz CT molecular complexity index is 600. The number of nitrogens with one attached hydrogen (secondary N) is 2. The Morgan fingerprint density at radius 2 is 2.25 bits per heavy atom. The van der Waals surface area contributed by atoms with Gasteiger partial charge in [0.25, 0.3) is 0 Å². The number of hydrogen-bond donors (Lipinski definition) is 2. The molecule has 2 N–H and O–H groups in total. The standard InChI is InChI=1S/C16H19N3O/c20-16(9-12-5-7-17-10-12)19-11-13-6-8-18-15-4-2-1-3-14(13)15/h1-4,6,8,12,17H,5,7,9-11H2,(H,19,20)/t12-/m0/s1. The molecule has 0 bridgehead atoms. The van der Waals surface area contributed by atoms with Gasteiger partial charge in [-0.05, 0) is 43.1 Å². The zero-order chi connectivity index (χ0) is 13.8. The maximum Gasteiger partial charge on any atom is 0.220 e. The molecule has 0 saturated carbocycles. The van der Waals surface area contributed by atoms with E-state index < -0.39 is 0 Å². The molecular weight excluding hydrogens is 250 g/mol. The molecule has 1 amide bonds. The number of amides is 1. The van der Waals surface area contributed by atoms with E-state index in [0.717, 1.165) is 36.0 Å². The molecule has 1 aromatic carbocycles. The highest BCUT2D eigenvalue weighted by Crippen LogP contribution is 2.16. The van der Waals surface area contributed by atoms with Crippen molar-refractivity contribution in [3.05, 3.63) is 42.1 Å². The third-order valence-corrected chi connectivity index (χ3v) is 3.85. The number of nitrogens with zero attached hydrogens (tertiary/aromatic N) is 1. The molecule has 1 atom stereocenters. The zero-order valence-corrected chi connectivity index (χ0v) is 11.4. The Morgan fingerprint density at radius 1 is 1.35 bits per heavy atom. The molecule has 1 aliphatic heterocycles. The second-order valence-corrected chi connectivity index (χ2v) is 5.33. The SMILES string of the molecule is O=C(C[C@@H]1CCNC1)NCc1ccnc2ccccc12. The van der Waals surface area contributed by atoms with E-state index in [9.17, 15) is 4.79 Å². The van der Waals surface area contributed by atoms with E-state index in [1.807, 2.05) is 30.3 Å². The summed E-state index contributed by atoms with van der Waals surface area (Å²) in [6.45, 7) is 2.57. The first-order valence-electron chi connectivity index (χ1n) is 7.13. The van der Waals surface area contributed by atoms with E-state index in [1.165, 1.54) is 0 Å². The minimum atomic E-state index is 0.139. The number of carbonyl (C=O) groups is 1. The van der Waals surface area contributed by atoms with Crippen molar-refractivity contribution >= 4 is 16.8 Å². The minimum Gasteiger partial charge on any atom is -0.352 e. The average Bonchev–Trinajstić information content (AvgIpc) is 2.98. The maximum atomic E-state index is 12.0. The summed E-state index contributed by atoms with van der Waals surface area (Å²) in [4.78, 5) is 16.3. The normalized spacial score (nSPS) is 18.3. The lowest BCUT2D eigenvalue weighted by Gasteiger charge is -2.10. The van der Waals surface area contributed by atoms with Crippen LogP contribution < -0.4 is 10.6 Å². The third-order valence-electron chi connectivity index (χ3n) is 3.85. The second kappa shape index (κ2) is 6.01. The summed E-state index contributed by atoms with van der Waals surface area (Å²) >= 11 is 0. The number of rotatable bonds is 4. The Labute approximate surface area is 118 Å². The summed E-state index contributed by atoms with van der Waals surface area (Å²) in [7, 11) is 0. The Kier molecular flexibility index (Phi) is 3.92. The van der Waals surface area contributed by atoms with Crippen LogP contribution in [0.25, 0.3) is 10.9 Å². The van der Waals surface area contributed by atoms with Gasteiger partial charge >= 0.3 is 0 Å². The first-order chi connectivity index (χ1) is 9.83. The first kappa shape index (κ1) is 13.1. The van der Waals surface area contributed by atoms with Gasteiger partial charge in [-0.2, -0.15) is 0 Å². The highest BCUT2D eigenvalue weighted by atomic mass is 16.1. The molecule has 4 heteroatoms. The largest absolute Gasteiger partial charge is 0.352 e. The molecule has 20 heavy (non-hydrogen) atoms. The lowest BCUT2D eigenvalue weighted by Crippen LogP contribution is -2.26. The van der Waals surface area contributed by atoms with E-state index in [4.69, 9.17) is 0 Å². The molecule has 0 unspecified atom stereocenters. The van der Waals surface area contributed by atoms with Gasteiger partial charge in [0.1, 0.15) is 0 Å². The zero-order valence-electron chi connectivity index (χ0n) is 11.4. The van der Waals surface area contributed by atoms with E-state index in [2.05, 4.69) is 15.6 Å². The van der Waals surface area contributed by atoms with Crippen molar-refractivity contribution in [2.75, 3.05) is 13.1 Å². The summed E-state index contributed by atoms with van der Waals surface area (Å²) in [6.07, 6.45) is 3.52. The molecule has 0 spiro atoms. The number of aromatic nitrogens is 1. The number of pyridine rings is 1. The Morgan fingerprint density at radius 3 is 3.10 bits per heavy atom. The average molecular weight is 269 g/mol. The molecule has 2 aromatic rings. The van der Waals surface area contributed by atoms with Gasteiger partial charge < -0.3 is 10.6 Å². The first-order valence-corrected chi connectivity index (χ1v) is 7.13. The number of para-hydroxylation sites is 1. The molecule has 104 valence electrons. The summed E-state index contributed by atoms with van der Waals surface area (Å²) < 4.78 is 0. The lowest BCUT2D eigenvalue weighted by molar-refractivity contribution is -0.122. The van der Waals surface area contributed by atoms with E-state index in [1.54, 1.807) is 6.20 Å². The van der Waals surface area contributed by atoms with Crippen LogP contribution >= 0.6 is 0 Å². The van der Waals surface area contributed by atoms with Gasteiger partial charge in [-0.15, -0.1) is 0 Å². The number of fused-ring (bicyclic) bond motifs is 1. The van der Waals surface area contributed by atoms with E-state index in [-0.39, 0.29) is 5.91 Å². The number of carbonyl (C=O) groups excluding carboxylic acids is 1. The van der Waals surface area contributed by atoms with Crippen molar-refractivity contribution in [3.63, 3.8) is 0 Å². The van der Waals surface area contributed by atoms with Crippen molar-refractivity contribution < 1.29 is 4.79 Å². The highest BCUT2D eigenvalue weighted by Gasteiger charge is 2.17. The quantitative estimate of drug-likeness (QED) is 0.890. The van der Waals surface area contributed by atoms with E-state index in [0.29, 0.717) is 18.9 Å². The Hall–Kier alpha value is -1.94. The molecule has 1 saturated heterocycles. The summed E-state index contributed by atoms with van der Waals surface area (Å²) in [6, 6.07) is 9.99. The number of benzene rings is 1. The molecule has 0 radical (unpaired) electrons. The van der Waals surface area contributed by atoms with Crippen LogP contribution in [0.1, 0.15) is 18.4 Å². The molecule has 4 nitrogen and oxygen atoms in total. The molecule has 3 rings (SSSR count). The van der Waals surface area contributed by atoms with Gasteiger partial charge in [-0.1, -0.05) is 18.2 Å². The smallest absolute Gasteiger partial charge is 0.220 e. The topological polar surface area (TPSA) is 54.0 Å². The van der Waals surface area contributed by atoms with Gasteiger partial charge in [0.15, 0.2) is 0 Å². The monoisotopic (exact) mass is 269 g/mol. The predicted octanol–water partition coefficient (Wildman–Crippen LogP) is 1.85. The number of hydrogen-bond acceptors (Lipinski definition) is 3. The van der Waals surface area contributed by atoms with Crippen LogP contribution in [0.2, 0.25) is 0 Å². The Balaban J connectivity index is 1.63. The second-order valence-electron chi connectivity index (χ2n) is 5.33. The lowest BCUT2D eigenvalue weighted by atomic mass is 10.0. The van der Waals surface area contributed by atoms with Gasteiger partial charge in [0, 0.05) is 24.5 Å². The summed E-state index contributed by atoms with van der Waals surface area (Å²) in [5.74, 6) is 0.628. The van der Waals surface area contributed by atoms with Crippen molar-refractivity contribution in [2.45, 2.75) is 19.4 Å². The van der Waals surface area contributed by atoms with Gasteiger partial charge in [0.05, 0.1) is 5.52 Å². The van der Waals surface area contributed by atoms with Gasteiger partial charge in [-0.3, -0.25) is 9.78 Å². The van der Waals surface area contributed by atoms with Gasteiger partial charge in [-0.25, -0.2) is 0 Å². The van der Waals surface area contributed by atoms with Crippen LogP contribution in [0.4, 0.5) is 0 Å². The molecular formula is C16H19N3O. The van der Waals surface area contributed by atoms with Crippen LogP contribution in [0, 0.1) is 5.92 Å². The fraction of sp³-hybridized carbons (Fsp3) is 0.375. The fourth-order valence-electron chi connectivity index (χ4n) is 2.73. The predicted molar refractivity (Wildman–Crippen MR) is 79.2 cm³/mol. The molecule has 0 aliphatic carbocycles. The molecule has 1 aliphatic rings. The van der Waals surface area contributed by atoms with Crippen molar-refractivity contribution in [1.82, 2.24) is 15.6 Å². The highest BCUT2D eigenvalue weighted by molar-refractivity contribution is 5.82. The van der Waals surface area contributed by atoms with Gasteiger partial charge in [0.2, 0.25) is 5.91 Å². The summed E-state index contributed by atoms with van der Waals surface area (Å²) in [5.41, 5.74) is 2.09.